The summed E-state index contributed by atoms with van der Waals surface area (Å²) in [6.45, 7) is 6.99. The molecule has 0 saturated carbocycles. The molecular weight excluding hydrogens is 557 g/mol. The van der Waals surface area contributed by atoms with Crippen LogP contribution in [0.1, 0.15) is 38.3 Å². The summed E-state index contributed by atoms with van der Waals surface area (Å²) in [6, 6.07) is 18.6. The molecule has 0 aliphatic rings. The first kappa shape index (κ1) is 30.5. The van der Waals surface area contributed by atoms with E-state index < -0.39 is 28.5 Å². The normalized spacial score (nSPS) is 12.9. The molecule has 0 aromatic heterocycles. The van der Waals surface area contributed by atoms with Gasteiger partial charge in [0.15, 0.2) is 0 Å². The van der Waals surface area contributed by atoms with Gasteiger partial charge in [0, 0.05) is 22.6 Å². The highest BCUT2D eigenvalue weighted by atomic mass is 35.5. The summed E-state index contributed by atoms with van der Waals surface area (Å²) < 4.78 is 28.6. The van der Waals surface area contributed by atoms with E-state index in [1.807, 2.05) is 45.0 Å². The van der Waals surface area contributed by atoms with E-state index in [1.54, 1.807) is 25.1 Å². The summed E-state index contributed by atoms with van der Waals surface area (Å²) in [5.41, 5.74) is 2.02. The Morgan fingerprint density at radius 2 is 1.59 bits per heavy atom. The van der Waals surface area contributed by atoms with Crippen LogP contribution in [0.2, 0.25) is 10.0 Å². The minimum atomic E-state index is -4.20. The molecule has 2 atom stereocenters. The second kappa shape index (κ2) is 13.3. The minimum absolute atomic E-state index is 0.0345. The molecule has 0 aliphatic heterocycles. The zero-order valence-electron chi connectivity index (χ0n) is 22.4. The molecule has 3 aromatic rings. The Labute approximate surface area is 240 Å². The third-order valence-corrected chi connectivity index (χ3v) is 8.82. The maximum atomic E-state index is 13.9. The van der Waals surface area contributed by atoms with Crippen LogP contribution in [0.3, 0.4) is 0 Å². The van der Waals surface area contributed by atoms with Crippen LogP contribution in [-0.2, 0) is 26.2 Å². The molecule has 3 aromatic carbocycles. The molecule has 7 nitrogen and oxygen atoms in total. The molecule has 0 heterocycles. The highest BCUT2D eigenvalue weighted by Gasteiger charge is 2.33. The van der Waals surface area contributed by atoms with Gasteiger partial charge in [0.1, 0.15) is 12.6 Å². The number of carbonyl (C=O) groups is 2. The van der Waals surface area contributed by atoms with Gasteiger partial charge in [-0.2, -0.15) is 0 Å². The lowest BCUT2D eigenvalue weighted by Gasteiger charge is -2.32. The maximum absolute atomic E-state index is 13.9. The second-order valence-electron chi connectivity index (χ2n) is 9.39. The zero-order chi connectivity index (χ0) is 28.7. The molecule has 0 bridgehead atoms. The molecule has 0 aliphatic carbocycles. The average molecular weight is 591 g/mol. The number of nitrogens with one attached hydrogen (secondary N) is 1. The van der Waals surface area contributed by atoms with Crippen molar-refractivity contribution in [3.05, 3.63) is 94.0 Å². The van der Waals surface area contributed by atoms with E-state index >= 15 is 0 Å². The SMILES string of the molecule is CC[C@@H](C)NC(=O)[C@H](C)N(Cc1ccccc1C)C(=O)CN(c1cccc(Cl)c1)S(=O)(=O)c1ccc(Cl)cc1. The molecule has 1 N–H and O–H groups in total. The molecular formula is C29H33Cl2N3O4S. The van der Waals surface area contributed by atoms with Crippen LogP contribution in [0, 0.1) is 6.92 Å². The lowest BCUT2D eigenvalue weighted by molar-refractivity contribution is -0.139. The molecule has 0 saturated heterocycles. The van der Waals surface area contributed by atoms with Crippen molar-refractivity contribution in [2.45, 2.75) is 57.6 Å². The zero-order valence-corrected chi connectivity index (χ0v) is 24.7. The van der Waals surface area contributed by atoms with E-state index in [0.717, 1.165) is 21.9 Å². The van der Waals surface area contributed by atoms with Crippen molar-refractivity contribution in [2.75, 3.05) is 10.8 Å². The highest BCUT2D eigenvalue weighted by molar-refractivity contribution is 7.92. The summed E-state index contributed by atoms with van der Waals surface area (Å²) in [7, 11) is -4.20. The fraction of sp³-hybridized carbons (Fsp3) is 0.310. The smallest absolute Gasteiger partial charge is 0.264 e. The number of hydrogen-bond acceptors (Lipinski definition) is 4. The van der Waals surface area contributed by atoms with Gasteiger partial charge in [-0.15, -0.1) is 0 Å². The number of sulfonamides is 1. The second-order valence-corrected chi connectivity index (χ2v) is 12.1. The first-order chi connectivity index (χ1) is 18.4. The largest absolute Gasteiger partial charge is 0.352 e. The average Bonchev–Trinajstić information content (AvgIpc) is 2.90. The number of anilines is 1. The van der Waals surface area contributed by atoms with E-state index in [1.165, 1.54) is 35.2 Å². The number of benzene rings is 3. The van der Waals surface area contributed by atoms with E-state index in [9.17, 15) is 18.0 Å². The van der Waals surface area contributed by atoms with Crippen molar-refractivity contribution in [2.24, 2.45) is 0 Å². The summed E-state index contributed by atoms with van der Waals surface area (Å²) >= 11 is 12.2. The third kappa shape index (κ3) is 7.75. The van der Waals surface area contributed by atoms with Gasteiger partial charge < -0.3 is 10.2 Å². The third-order valence-electron chi connectivity index (χ3n) is 6.55. The van der Waals surface area contributed by atoms with Gasteiger partial charge in [0.05, 0.1) is 10.6 Å². The summed E-state index contributed by atoms with van der Waals surface area (Å²) in [5.74, 6) is -0.858. The van der Waals surface area contributed by atoms with Crippen LogP contribution in [0.5, 0.6) is 0 Å². The van der Waals surface area contributed by atoms with Gasteiger partial charge in [0.25, 0.3) is 10.0 Å². The molecule has 0 radical (unpaired) electrons. The maximum Gasteiger partial charge on any atom is 0.264 e. The molecule has 0 fully saturated rings. The number of aryl methyl sites for hydroxylation is 1. The fourth-order valence-electron chi connectivity index (χ4n) is 3.91. The van der Waals surface area contributed by atoms with Crippen molar-refractivity contribution in [3.63, 3.8) is 0 Å². The van der Waals surface area contributed by atoms with Crippen LogP contribution >= 0.6 is 23.2 Å². The topological polar surface area (TPSA) is 86.8 Å². The Morgan fingerprint density at radius 3 is 2.21 bits per heavy atom. The molecule has 0 spiro atoms. The van der Waals surface area contributed by atoms with E-state index in [4.69, 9.17) is 23.2 Å². The number of nitrogens with zero attached hydrogens (tertiary/aromatic N) is 2. The molecule has 0 unspecified atom stereocenters. The number of rotatable bonds is 11. The Balaban J connectivity index is 2.04. The number of hydrogen-bond donors (Lipinski definition) is 1. The summed E-state index contributed by atoms with van der Waals surface area (Å²) in [4.78, 5) is 28.4. The predicted molar refractivity (Wildman–Crippen MR) is 157 cm³/mol. The lowest BCUT2D eigenvalue weighted by Crippen LogP contribution is -2.52. The lowest BCUT2D eigenvalue weighted by atomic mass is 10.1. The first-order valence-corrected chi connectivity index (χ1v) is 14.8. The van der Waals surface area contributed by atoms with Crippen LogP contribution in [0.4, 0.5) is 5.69 Å². The van der Waals surface area contributed by atoms with E-state index in [2.05, 4.69) is 5.32 Å². The van der Waals surface area contributed by atoms with Crippen LogP contribution < -0.4 is 9.62 Å². The quantitative estimate of drug-likeness (QED) is 0.305. The van der Waals surface area contributed by atoms with Gasteiger partial charge in [-0.3, -0.25) is 13.9 Å². The Bertz CT molecular complexity index is 1410. The highest BCUT2D eigenvalue weighted by Crippen LogP contribution is 2.27. The monoisotopic (exact) mass is 589 g/mol. The molecule has 2 amide bonds. The van der Waals surface area contributed by atoms with Gasteiger partial charge >= 0.3 is 0 Å². The Kier molecular flexibility index (Phi) is 10.4. The Hall–Kier alpha value is -3.07. The number of amides is 2. The van der Waals surface area contributed by atoms with Gasteiger partial charge in [-0.05, 0) is 80.8 Å². The van der Waals surface area contributed by atoms with Crippen molar-refractivity contribution in [1.29, 1.82) is 0 Å². The number of carbonyl (C=O) groups excluding carboxylic acids is 2. The van der Waals surface area contributed by atoms with Gasteiger partial charge in [-0.1, -0.05) is 60.5 Å². The van der Waals surface area contributed by atoms with Crippen LogP contribution in [0.15, 0.2) is 77.7 Å². The number of halogens is 2. The first-order valence-electron chi connectivity index (χ1n) is 12.6. The molecule has 3 rings (SSSR count). The van der Waals surface area contributed by atoms with Crippen molar-refractivity contribution >= 4 is 50.7 Å². The fourth-order valence-corrected chi connectivity index (χ4v) is 5.63. The van der Waals surface area contributed by atoms with Crippen molar-refractivity contribution < 1.29 is 18.0 Å². The summed E-state index contributed by atoms with van der Waals surface area (Å²) in [5, 5.41) is 3.62. The standard InChI is InChI=1S/C29H33Cl2N3O4S/c1-5-21(3)32-29(36)22(4)33(18-23-10-7-6-9-20(23)2)28(35)19-34(26-12-8-11-25(31)17-26)39(37,38)27-15-13-24(30)14-16-27/h6-17,21-22H,5,18-19H2,1-4H3,(H,32,36)/t21-,22+/m1/s1. The van der Waals surface area contributed by atoms with E-state index in [0.29, 0.717) is 10.0 Å². The molecule has 10 heteroatoms. The van der Waals surface area contributed by atoms with Crippen molar-refractivity contribution in [3.8, 4) is 0 Å². The van der Waals surface area contributed by atoms with Gasteiger partial charge in [0.2, 0.25) is 11.8 Å². The Morgan fingerprint density at radius 1 is 0.923 bits per heavy atom. The summed E-state index contributed by atoms with van der Waals surface area (Å²) in [6.07, 6.45) is 0.728. The van der Waals surface area contributed by atoms with E-state index in [-0.39, 0.29) is 29.1 Å². The predicted octanol–water partition coefficient (Wildman–Crippen LogP) is 5.83. The molecule has 39 heavy (non-hydrogen) atoms. The molecule has 208 valence electrons. The van der Waals surface area contributed by atoms with Crippen molar-refractivity contribution in [1.82, 2.24) is 10.2 Å². The van der Waals surface area contributed by atoms with Crippen LogP contribution in [0.25, 0.3) is 0 Å². The van der Waals surface area contributed by atoms with Crippen LogP contribution in [-0.4, -0.2) is 43.8 Å². The van der Waals surface area contributed by atoms with Gasteiger partial charge in [-0.25, -0.2) is 8.42 Å². The minimum Gasteiger partial charge on any atom is -0.352 e.